The van der Waals surface area contributed by atoms with Crippen LogP contribution in [0.25, 0.3) is 11.0 Å². The number of carboxylic acid groups (broad SMARTS) is 1. The number of fused-ring (bicyclic) bond motifs is 2. The SMILES string of the molecule is CCc1nc2ccccc2n1CC(=O)N1Cc2nnc(C)n2CC1C(=O)O. The normalized spacial score (nSPS) is 16.5. The largest absolute Gasteiger partial charge is 0.480 e. The van der Waals surface area contributed by atoms with Crippen molar-refractivity contribution >= 4 is 22.9 Å². The van der Waals surface area contributed by atoms with E-state index in [1.807, 2.05) is 35.8 Å². The fourth-order valence-electron chi connectivity index (χ4n) is 3.58. The molecule has 1 aliphatic rings. The number of hydrogen-bond donors (Lipinski definition) is 1. The van der Waals surface area contributed by atoms with E-state index in [9.17, 15) is 14.7 Å². The third kappa shape index (κ3) is 2.84. The molecule has 140 valence electrons. The summed E-state index contributed by atoms with van der Waals surface area (Å²) in [5, 5.41) is 17.7. The Bertz CT molecular complexity index is 1040. The maximum atomic E-state index is 13.1. The summed E-state index contributed by atoms with van der Waals surface area (Å²) in [6.45, 7) is 4.08. The van der Waals surface area contributed by atoms with Gasteiger partial charge in [-0.2, -0.15) is 0 Å². The number of nitrogens with zero attached hydrogens (tertiary/aromatic N) is 6. The summed E-state index contributed by atoms with van der Waals surface area (Å²) in [6.07, 6.45) is 0.678. The second kappa shape index (κ2) is 6.49. The van der Waals surface area contributed by atoms with Crippen LogP contribution in [0.1, 0.15) is 24.4 Å². The number of aliphatic carboxylic acids is 1. The lowest BCUT2D eigenvalue weighted by Gasteiger charge is -2.33. The number of imidazole rings is 1. The van der Waals surface area contributed by atoms with Gasteiger partial charge in [0.1, 0.15) is 24.2 Å². The molecule has 0 fully saturated rings. The first-order valence-electron chi connectivity index (χ1n) is 8.84. The van der Waals surface area contributed by atoms with Crippen molar-refractivity contribution in [2.45, 2.75) is 45.9 Å². The Morgan fingerprint density at radius 2 is 2.04 bits per heavy atom. The molecule has 0 saturated heterocycles. The van der Waals surface area contributed by atoms with Crippen LogP contribution in [0.2, 0.25) is 0 Å². The number of amides is 1. The molecule has 4 rings (SSSR count). The molecule has 1 N–H and O–H groups in total. The van der Waals surface area contributed by atoms with Crippen LogP contribution in [0.15, 0.2) is 24.3 Å². The molecule has 9 nitrogen and oxygen atoms in total. The van der Waals surface area contributed by atoms with E-state index in [1.165, 1.54) is 4.90 Å². The van der Waals surface area contributed by atoms with Crippen LogP contribution >= 0.6 is 0 Å². The van der Waals surface area contributed by atoms with E-state index < -0.39 is 12.0 Å². The number of aromatic nitrogens is 5. The van der Waals surface area contributed by atoms with Crippen LogP contribution < -0.4 is 0 Å². The minimum Gasteiger partial charge on any atom is -0.480 e. The van der Waals surface area contributed by atoms with E-state index in [0.29, 0.717) is 18.1 Å². The first-order chi connectivity index (χ1) is 13.0. The van der Waals surface area contributed by atoms with E-state index >= 15 is 0 Å². The number of aryl methyl sites for hydroxylation is 2. The Hall–Kier alpha value is -3.23. The number of carbonyl (C=O) groups is 2. The summed E-state index contributed by atoms with van der Waals surface area (Å²) in [4.78, 5) is 30.8. The molecule has 3 heterocycles. The summed E-state index contributed by atoms with van der Waals surface area (Å²) >= 11 is 0. The Balaban J connectivity index is 1.67. The van der Waals surface area contributed by atoms with Gasteiger partial charge in [0.2, 0.25) is 5.91 Å². The van der Waals surface area contributed by atoms with Crippen molar-refractivity contribution in [2.75, 3.05) is 0 Å². The van der Waals surface area contributed by atoms with Crippen molar-refractivity contribution in [1.29, 1.82) is 0 Å². The Morgan fingerprint density at radius 3 is 2.78 bits per heavy atom. The molecule has 0 bridgehead atoms. The lowest BCUT2D eigenvalue weighted by Crippen LogP contribution is -2.51. The van der Waals surface area contributed by atoms with Gasteiger partial charge in [0.15, 0.2) is 5.82 Å². The molecule has 0 radical (unpaired) electrons. The average Bonchev–Trinajstić information content (AvgIpc) is 3.21. The Morgan fingerprint density at radius 1 is 1.26 bits per heavy atom. The number of para-hydroxylation sites is 2. The number of benzene rings is 1. The molecule has 0 spiro atoms. The average molecular weight is 368 g/mol. The van der Waals surface area contributed by atoms with Gasteiger partial charge in [-0.3, -0.25) is 4.79 Å². The first-order valence-corrected chi connectivity index (χ1v) is 8.84. The van der Waals surface area contributed by atoms with E-state index in [0.717, 1.165) is 16.9 Å². The van der Waals surface area contributed by atoms with Gasteiger partial charge >= 0.3 is 5.97 Å². The van der Waals surface area contributed by atoms with Gasteiger partial charge in [0.25, 0.3) is 0 Å². The van der Waals surface area contributed by atoms with Crippen molar-refractivity contribution in [3.63, 3.8) is 0 Å². The van der Waals surface area contributed by atoms with Gasteiger partial charge in [0, 0.05) is 6.42 Å². The number of carbonyl (C=O) groups excluding carboxylic acids is 1. The van der Waals surface area contributed by atoms with Gasteiger partial charge < -0.3 is 19.1 Å². The molecular formula is C18H20N6O3. The zero-order valence-electron chi connectivity index (χ0n) is 15.2. The molecule has 2 aromatic heterocycles. The summed E-state index contributed by atoms with van der Waals surface area (Å²) in [6, 6.07) is 6.68. The maximum Gasteiger partial charge on any atom is 0.328 e. The molecule has 1 aromatic carbocycles. The molecule has 27 heavy (non-hydrogen) atoms. The van der Waals surface area contributed by atoms with Crippen molar-refractivity contribution in [3.05, 3.63) is 41.7 Å². The van der Waals surface area contributed by atoms with Gasteiger partial charge in [-0.05, 0) is 19.1 Å². The second-order valence-electron chi connectivity index (χ2n) is 6.61. The van der Waals surface area contributed by atoms with E-state index in [-0.39, 0.29) is 25.5 Å². The molecule has 1 aliphatic heterocycles. The van der Waals surface area contributed by atoms with Crippen LogP contribution in [-0.4, -0.2) is 52.2 Å². The highest BCUT2D eigenvalue weighted by molar-refractivity contribution is 5.85. The van der Waals surface area contributed by atoms with Crippen LogP contribution in [0.3, 0.4) is 0 Å². The van der Waals surface area contributed by atoms with Crippen molar-refractivity contribution in [3.8, 4) is 0 Å². The molecule has 9 heteroatoms. The fraction of sp³-hybridized carbons (Fsp3) is 0.389. The first kappa shape index (κ1) is 17.2. The summed E-state index contributed by atoms with van der Waals surface area (Å²) in [5.41, 5.74) is 1.69. The topological polar surface area (TPSA) is 106 Å². The third-order valence-electron chi connectivity index (χ3n) is 5.00. The molecule has 1 atom stereocenters. The van der Waals surface area contributed by atoms with E-state index in [4.69, 9.17) is 0 Å². The van der Waals surface area contributed by atoms with Crippen LogP contribution in [0.4, 0.5) is 0 Å². The smallest absolute Gasteiger partial charge is 0.328 e. The number of rotatable bonds is 4. The molecule has 0 aliphatic carbocycles. The van der Waals surface area contributed by atoms with Crippen molar-refractivity contribution < 1.29 is 14.7 Å². The Labute approximate surface area is 155 Å². The summed E-state index contributed by atoms with van der Waals surface area (Å²) < 4.78 is 3.62. The third-order valence-corrected chi connectivity index (χ3v) is 5.00. The van der Waals surface area contributed by atoms with E-state index in [1.54, 1.807) is 11.5 Å². The highest BCUT2D eigenvalue weighted by Gasteiger charge is 2.36. The second-order valence-corrected chi connectivity index (χ2v) is 6.61. The fourth-order valence-corrected chi connectivity index (χ4v) is 3.58. The van der Waals surface area contributed by atoms with Crippen LogP contribution in [0.5, 0.6) is 0 Å². The Kier molecular flexibility index (Phi) is 4.14. The lowest BCUT2D eigenvalue weighted by molar-refractivity contribution is -0.153. The zero-order valence-corrected chi connectivity index (χ0v) is 15.2. The maximum absolute atomic E-state index is 13.1. The van der Waals surface area contributed by atoms with Gasteiger partial charge in [-0.1, -0.05) is 19.1 Å². The van der Waals surface area contributed by atoms with Crippen LogP contribution in [0, 0.1) is 6.92 Å². The summed E-state index contributed by atoms with van der Waals surface area (Å²) in [7, 11) is 0. The highest BCUT2D eigenvalue weighted by atomic mass is 16.4. The number of hydrogen-bond acceptors (Lipinski definition) is 5. The van der Waals surface area contributed by atoms with Gasteiger partial charge in [-0.25, -0.2) is 9.78 Å². The van der Waals surface area contributed by atoms with Crippen molar-refractivity contribution in [2.24, 2.45) is 0 Å². The molecule has 1 amide bonds. The van der Waals surface area contributed by atoms with Gasteiger partial charge in [0.05, 0.1) is 24.1 Å². The van der Waals surface area contributed by atoms with Crippen molar-refractivity contribution in [1.82, 2.24) is 29.2 Å². The molecular weight excluding hydrogens is 348 g/mol. The monoisotopic (exact) mass is 368 g/mol. The molecule has 1 unspecified atom stereocenters. The minimum atomic E-state index is -1.03. The minimum absolute atomic E-state index is 0.0422. The zero-order chi connectivity index (χ0) is 19.1. The molecule has 3 aromatic rings. The van der Waals surface area contributed by atoms with Gasteiger partial charge in [-0.15, -0.1) is 10.2 Å². The predicted molar refractivity (Wildman–Crippen MR) is 95.8 cm³/mol. The lowest BCUT2D eigenvalue weighted by atomic mass is 10.2. The predicted octanol–water partition coefficient (Wildman–Crippen LogP) is 0.994. The number of carboxylic acids is 1. The highest BCUT2D eigenvalue weighted by Crippen LogP contribution is 2.21. The summed E-state index contributed by atoms with van der Waals surface area (Å²) in [5.74, 6) is 0.745. The van der Waals surface area contributed by atoms with Crippen LogP contribution in [-0.2, 0) is 35.6 Å². The molecule has 0 saturated carbocycles. The quantitative estimate of drug-likeness (QED) is 0.736. The van der Waals surface area contributed by atoms with E-state index in [2.05, 4.69) is 15.2 Å². The standard InChI is InChI=1S/C18H20N6O3/c1-3-15-19-12-6-4-5-7-13(12)23(15)10-17(25)24-9-16-21-20-11(2)22(16)8-14(24)18(26)27/h4-7,14H,3,8-10H2,1-2H3,(H,26,27).